The van der Waals surface area contributed by atoms with Crippen LogP contribution in [-0.4, -0.2) is 43.9 Å². The Kier molecular flexibility index (Phi) is 6.75. The largest absolute Gasteiger partial charge is 0.481 e. The SMILES string of the molecule is Cc1ccc(S(=O)(=O)N2CCC(NC(=O)C(C)Oc3ccc(C#N)cc3)CC2)cc1. The summed E-state index contributed by atoms with van der Waals surface area (Å²) >= 11 is 0. The van der Waals surface area contributed by atoms with E-state index < -0.39 is 16.1 Å². The maximum absolute atomic E-state index is 12.8. The standard InChI is InChI=1S/C22H25N3O4S/c1-16-3-9-21(10-4-16)30(27,28)25-13-11-19(12-14-25)24-22(26)17(2)29-20-7-5-18(15-23)6-8-20/h3-10,17,19H,11-14H2,1-2H3,(H,24,26). The summed E-state index contributed by atoms with van der Waals surface area (Å²) in [4.78, 5) is 12.7. The van der Waals surface area contributed by atoms with Gasteiger partial charge in [0.1, 0.15) is 5.75 Å². The normalized spacial score (nSPS) is 16.4. The highest BCUT2D eigenvalue weighted by Crippen LogP contribution is 2.21. The molecule has 0 aromatic heterocycles. The highest BCUT2D eigenvalue weighted by Gasteiger charge is 2.30. The zero-order chi connectivity index (χ0) is 21.7. The van der Waals surface area contributed by atoms with Crippen LogP contribution in [0.3, 0.4) is 0 Å². The van der Waals surface area contributed by atoms with E-state index in [1.807, 2.05) is 13.0 Å². The maximum atomic E-state index is 12.8. The molecular formula is C22H25N3O4S. The molecule has 0 saturated carbocycles. The Morgan fingerprint density at radius 1 is 1.13 bits per heavy atom. The first-order valence-electron chi connectivity index (χ1n) is 9.83. The number of hydrogen-bond acceptors (Lipinski definition) is 5. The molecule has 2 aromatic carbocycles. The molecule has 1 amide bonds. The number of nitrogens with one attached hydrogen (secondary N) is 1. The molecule has 1 N–H and O–H groups in total. The van der Waals surface area contributed by atoms with Gasteiger partial charge < -0.3 is 10.1 Å². The number of rotatable bonds is 6. The van der Waals surface area contributed by atoms with E-state index in [1.54, 1.807) is 55.5 Å². The zero-order valence-electron chi connectivity index (χ0n) is 17.0. The predicted molar refractivity (Wildman–Crippen MR) is 112 cm³/mol. The molecule has 1 unspecified atom stereocenters. The Morgan fingerprint density at radius 3 is 2.30 bits per heavy atom. The number of amides is 1. The molecule has 3 rings (SSSR count). The first-order chi connectivity index (χ1) is 14.3. The van der Waals surface area contributed by atoms with Crippen LogP contribution in [0.5, 0.6) is 5.75 Å². The van der Waals surface area contributed by atoms with Crippen molar-refractivity contribution in [1.29, 1.82) is 5.26 Å². The summed E-state index contributed by atoms with van der Waals surface area (Å²) in [5.41, 5.74) is 1.53. The number of aryl methyl sites for hydroxylation is 1. The third-order valence-corrected chi connectivity index (χ3v) is 7.04. The van der Waals surface area contributed by atoms with Gasteiger partial charge in [-0.15, -0.1) is 0 Å². The Hall–Kier alpha value is -2.89. The zero-order valence-corrected chi connectivity index (χ0v) is 17.9. The van der Waals surface area contributed by atoms with Crippen LogP contribution < -0.4 is 10.1 Å². The van der Waals surface area contributed by atoms with Crippen molar-refractivity contribution in [3.05, 3.63) is 59.7 Å². The number of carbonyl (C=O) groups is 1. The minimum absolute atomic E-state index is 0.103. The van der Waals surface area contributed by atoms with Crippen molar-refractivity contribution in [3.63, 3.8) is 0 Å². The third-order valence-electron chi connectivity index (χ3n) is 5.12. The quantitative estimate of drug-likeness (QED) is 0.764. The Morgan fingerprint density at radius 2 is 1.73 bits per heavy atom. The Labute approximate surface area is 177 Å². The maximum Gasteiger partial charge on any atom is 0.260 e. The van der Waals surface area contributed by atoms with Crippen molar-refractivity contribution >= 4 is 15.9 Å². The molecule has 1 atom stereocenters. The van der Waals surface area contributed by atoms with Crippen LogP contribution in [-0.2, 0) is 14.8 Å². The summed E-state index contributed by atoms with van der Waals surface area (Å²) in [6.45, 7) is 4.28. The minimum Gasteiger partial charge on any atom is -0.481 e. The number of carbonyl (C=O) groups excluding carboxylic acids is 1. The van der Waals surface area contributed by atoms with Crippen LogP contribution in [0.2, 0.25) is 0 Å². The van der Waals surface area contributed by atoms with Crippen LogP contribution in [0.25, 0.3) is 0 Å². The Bertz CT molecular complexity index is 1020. The van der Waals surface area contributed by atoms with Gasteiger partial charge in [-0.1, -0.05) is 17.7 Å². The summed E-state index contributed by atoms with van der Waals surface area (Å²) in [7, 11) is -3.52. The summed E-state index contributed by atoms with van der Waals surface area (Å²) in [5, 5.41) is 11.8. The Balaban J connectivity index is 1.51. The van der Waals surface area contributed by atoms with Crippen molar-refractivity contribution in [3.8, 4) is 11.8 Å². The fourth-order valence-corrected chi connectivity index (χ4v) is 4.75. The van der Waals surface area contributed by atoms with Gasteiger partial charge in [0.25, 0.3) is 5.91 Å². The van der Waals surface area contributed by atoms with Crippen LogP contribution in [0.4, 0.5) is 0 Å². The van der Waals surface area contributed by atoms with E-state index in [0.717, 1.165) is 5.56 Å². The smallest absolute Gasteiger partial charge is 0.260 e. The van der Waals surface area contributed by atoms with E-state index >= 15 is 0 Å². The molecule has 0 aliphatic carbocycles. The number of benzene rings is 2. The average molecular weight is 428 g/mol. The summed E-state index contributed by atoms with van der Waals surface area (Å²) < 4.78 is 32.7. The molecule has 1 fully saturated rings. The van der Waals surface area contributed by atoms with Gasteiger partial charge in [-0.05, 0) is 63.1 Å². The van der Waals surface area contributed by atoms with Gasteiger partial charge in [-0.25, -0.2) is 8.42 Å². The van der Waals surface area contributed by atoms with Crippen LogP contribution in [0, 0.1) is 18.3 Å². The fraction of sp³-hybridized carbons (Fsp3) is 0.364. The fourth-order valence-electron chi connectivity index (χ4n) is 3.28. The second kappa shape index (κ2) is 9.28. The average Bonchev–Trinajstić information content (AvgIpc) is 2.75. The van der Waals surface area contributed by atoms with Crippen molar-refractivity contribution in [1.82, 2.24) is 9.62 Å². The molecule has 8 heteroatoms. The molecule has 1 saturated heterocycles. The minimum atomic E-state index is -3.52. The van der Waals surface area contributed by atoms with Crippen molar-refractivity contribution < 1.29 is 17.9 Å². The number of piperidine rings is 1. The predicted octanol–water partition coefficient (Wildman–Crippen LogP) is 2.60. The highest BCUT2D eigenvalue weighted by atomic mass is 32.2. The summed E-state index contributed by atoms with van der Waals surface area (Å²) in [5.74, 6) is 0.259. The molecule has 1 heterocycles. The van der Waals surface area contributed by atoms with Gasteiger partial charge in [0.2, 0.25) is 10.0 Å². The number of nitrogens with zero attached hydrogens (tertiary/aromatic N) is 2. The lowest BCUT2D eigenvalue weighted by Crippen LogP contribution is -2.49. The lowest BCUT2D eigenvalue weighted by atomic mass is 10.1. The van der Waals surface area contributed by atoms with E-state index in [0.29, 0.717) is 42.1 Å². The first kappa shape index (κ1) is 21.8. The van der Waals surface area contributed by atoms with Gasteiger partial charge in [-0.2, -0.15) is 9.57 Å². The second-order valence-corrected chi connectivity index (χ2v) is 9.33. The molecule has 158 valence electrons. The molecular weight excluding hydrogens is 402 g/mol. The van der Waals surface area contributed by atoms with E-state index in [1.165, 1.54) is 4.31 Å². The van der Waals surface area contributed by atoms with Crippen molar-refractivity contribution in [2.24, 2.45) is 0 Å². The second-order valence-electron chi connectivity index (χ2n) is 7.40. The number of hydrogen-bond donors (Lipinski definition) is 1. The molecule has 0 radical (unpaired) electrons. The molecule has 0 bridgehead atoms. The molecule has 1 aliphatic heterocycles. The molecule has 7 nitrogen and oxygen atoms in total. The van der Waals surface area contributed by atoms with E-state index in [4.69, 9.17) is 10.00 Å². The molecule has 30 heavy (non-hydrogen) atoms. The van der Waals surface area contributed by atoms with Crippen LogP contribution in [0.15, 0.2) is 53.4 Å². The van der Waals surface area contributed by atoms with E-state index in [2.05, 4.69) is 5.32 Å². The lowest BCUT2D eigenvalue weighted by Gasteiger charge is -2.32. The van der Waals surface area contributed by atoms with Crippen LogP contribution >= 0.6 is 0 Å². The number of nitriles is 1. The molecule has 0 spiro atoms. The summed E-state index contributed by atoms with van der Waals surface area (Å²) in [6, 6.07) is 15.3. The van der Waals surface area contributed by atoms with E-state index in [-0.39, 0.29) is 11.9 Å². The lowest BCUT2D eigenvalue weighted by molar-refractivity contribution is -0.128. The van der Waals surface area contributed by atoms with Crippen LogP contribution in [0.1, 0.15) is 30.9 Å². The molecule has 1 aliphatic rings. The van der Waals surface area contributed by atoms with Gasteiger partial charge in [-0.3, -0.25) is 4.79 Å². The monoisotopic (exact) mass is 427 g/mol. The van der Waals surface area contributed by atoms with E-state index in [9.17, 15) is 13.2 Å². The molecule has 2 aromatic rings. The van der Waals surface area contributed by atoms with Gasteiger partial charge in [0, 0.05) is 19.1 Å². The van der Waals surface area contributed by atoms with Crippen molar-refractivity contribution in [2.45, 2.75) is 43.7 Å². The first-order valence-corrected chi connectivity index (χ1v) is 11.3. The third kappa shape index (κ3) is 5.17. The van der Waals surface area contributed by atoms with Crippen molar-refractivity contribution in [2.75, 3.05) is 13.1 Å². The van der Waals surface area contributed by atoms with Gasteiger partial charge in [0.05, 0.1) is 16.5 Å². The summed E-state index contributed by atoms with van der Waals surface area (Å²) in [6.07, 6.45) is 0.383. The van der Waals surface area contributed by atoms with Gasteiger partial charge >= 0.3 is 0 Å². The highest BCUT2D eigenvalue weighted by molar-refractivity contribution is 7.89. The topological polar surface area (TPSA) is 99.5 Å². The number of ether oxygens (including phenoxy) is 1. The number of sulfonamides is 1. The van der Waals surface area contributed by atoms with Gasteiger partial charge in [0.15, 0.2) is 6.10 Å².